The van der Waals surface area contributed by atoms with Gasteiger partial charge in [-0.2, -0.15) is 0 Å². The predicted molar refractivity (Wildman–Crippen MR) is 108 cm³/mol. The Kier molecular flexibility index (Phi) is 6.90. The lowest BCUT2D eigenvalue weighted by atomic mass is 9.75. The Morgan fingerprint density at radius 2 is 1.80 bits per heavy atom. The van der Waals surface area contributed by atoms with Crippen LogP contribution in [-0.4, -0.2) is 20.1 Å². The zero-order valence-electron chi connectivity index (χ0n) is 16.9. The molecule has 0 aromatic heterocycles. The van der Waals surface area contributed by atoms with E-state index in [9.17, 15) is 4.79 Å². The first-order valence-electron chi connectivity index (χ1n) is 9.93. The first kappa shape index (κ1) is 20.2. The largest absolute Gasteiger partial charge is 0.462 e. The minimum absolute atomic E-state index is 0.0277. The van der Waals surface area contributed by atoms with Crippen LogP contribution in [0.25, 0.3) is 0 Å². The summed E-state index contributed by atoms with van der Waals surface area (Å²) < 4.78 is 6.19. The number of ether oxygens (including phenoxy) is 1. The summed E-state index contributed by atoms with van der Waals surface area (Å²) in [6, 6.07) is 10.4. The van der Waals surface area contributed by atoms with Crippen molar-refractivity contribution in [3.8, 4) is 0 Å². The predicted octanol–water partition coefficient (Wildman–Crippen LogP) is 5.94. The van der Waals surface area contributed by atoms with Crippen molar-refractivity contribution in [3.63, 3.8) is 0 Å². The van der Waals surface area contributed by atoms with E-state index in [4.69, 9.17) is 4.74 Å². The summed E-state index contributed by atoms with van der Waals surface area (Å²) in [5, 5.41) is 0. The first-order chi connectivity index (χ1) is 11.7. The van der Waals surface area contributed by atoms with Crippen molar-refractivity contribution in [1.29, 1.82) is 0 Å². The fraction of sp³-hybridized carbons (Fsp3) is 0.682. The van der Waals surface area contributed by atoms with Gasteiger partial charge >= 0.3 is 5.97 Å². The van der Waals surface area contributed by atoms with Gasteiger partial charge in [-0.3, -0.25) is 4.79 Å². The highest BCUT2D eigenvalue weighted by atomic mass is 28.3. The van der Waals surface area contributed by atoms with Crippen LogP contribution in [0, 0.1) is 17.8 Å². The number of hydrogen-bond donors (Lipinski definition) is 0. The SMILES string of the molecule is CC(C)[C@@H]1CC[C@@H](C)C[C@H]1OC(=O)[C@@H](Cc1ccccc1)[Si](C)(C)C. The maximum Gasteiger partial charge on any atom is 0.306 e. The number of hydrogen-bond acceptors (Lipinski definition) is 2. The highest BCUT2D eigenvalue weighted by Gasteiger charge is 2.39. The molecule has 2 nitrogen and oxygen atoms in total. The van der Waals surface area contributed by atoms with Crippen LogP contribution in [0.4, 0.5) is 0 Å². The van der Waals surface area contributed by atoms with Gasteiger partial charge in [0, 0.05) is 0 Å². The molecule has 1 aliphatic carbocycles. The first-order valence-corrected chi connectivity index (χ1v) is 13.5. The van der Waals surface area contributed by atoms with Gasteiger partial charge in [0.25, 0.3) is 0 Å². The summed E-state index contributed by atoms with van der Waals surface area (Å²) in [7, 11) is -1.66. The number of carbonyl (C=O) groups is 1. The lowest BCUT2D eigenvalue weighted by molar-refractivity contribution is -0.156. The van der Waals surface area contributed by atoms with E-state index in [0.29, 0.717) is 17.8 Å². The maximum atomic E-state index is 13.1. The fourth-order valence-corrected chi connectivity index (χ4v) is 5.70. The van der Waals surface area contributed by atoms with Gasteiger partial charge in [0.2, 0.25) is 0 Å². The topological polar surface area (TPSA) is 26.3 Å². The number of rotatable bonds is 6. The molecule has 4 atom stereocenters. The van der Waals surface area contributed by atoms with Gasteiger partial charge in [0.1, 0.15) is 6.10 Å². The Hall–Kier alpha value is -1.09. The molecule has 0 saturated heterocycles. The van der Waals surface area contributed by atoms with Crippen molar-refractivity contribution in [2.24, 2.45) is 17.8 Å². The normalized spacial score (nSPS) is 25.6. The molecule has 140 valence electrons. The van der Waals surface area contributed by atoms with E-state index in [1.54, 1.807) is 0 Å². The Bertz CT molecular complexity index is 547. The average molecular weight is 361 g/mol. The molecule has 1 aromatic carbocycles. The van der Waals surface area contributed by atoms with Gasteiger partial charge in [-0.25, -0.2) is 0 Å². The molecule has 0 aliphatic heterocycles. The van der Waals surface area contributed by atoms with Gasteiger partial charge in [-0.1, -0.05) is 77.2 Å². The van der Waals surface area contributed by atoms with E-state index in [2.05, 4.69) is 64.7 Å². The second-order valence-electron chi connectivity index (χ2n) is 9.41. The van der Waals surface area contributed by atoms with Gasteiger partial charge in [-0.15, -0.1) is 0 Å². The number of esters is 1. The second-order valence-corrected chi connectivity index (χ2v) is 14.8. The molecule has 0 heterocycles. The molecule has 0 unspecified atom stereocenters. The van der Waals surface area contributed by atoms with Crippen LogP contribution in [0.5, 0.6) is 0 Å². The molecule has 2 rings (SSSR count). The molecule has 3 heteroatoms. The molecular weight excluding hydrogens is 324 g/mol. The maximum absolute atomic E-state index is 13.1. The summed E-state index contributed by atoms with van der Waals surface area (Å²) in [5.74, 6) is 1.80. The zero-order chi connectivity index (χ0) is 18.6. The van der Waals surface area contributed by atoms with Crippen LogP contribution >= 0.6 is 0 Å². The lowest BCUT2D eigenvalue weighted by Gasteiger charge is -2.38. The second kappa shape index (κ2) is 8.53. The van der Waals surface area contributed by atoms with Crippen LogP contribution in [0.1, 0.15) is 45.6 Å². The van der Waals surface area contributed by atoms with E-state index < -0.39 is 8.07 Å². The summed E-state index contributed by atoms with van der Waals surface area (Å²) in [5.41, 5.74) is 1.27. The molecule has 0 N–H and O–H groups in total. The van der Waals surface area contributed by atoms with E-state index >= 15 is 0 Å². The van der Waals surface area contributed by atoms with Crippen molar-refractivity contribution < 1.29 is 9.53 Å². The molecule has 0 spiro atoms. The van der Waals surface area contributed by atoms with Crippen LogP contribution in [0.3, 0.4) is 0 Å². The van der Waals surface area contributed by atoms with Crippen LogP contribution in [-0.2, 0) is 16.0 Å². The van der Waals surface area contributed by atoms with E-state index in [1.807, 2.05) is 6.07 Å². The van der Waals surface area contributed by atoms with Crippen molar-refractivity contribution in [3.05, 3.63) is 35.9 Å². The third-order valence-corrected chi connectivity index (χ3v) is 8.37. The molecule has 1 aliphatic rings. The Balaban J connectivity index is 2.12. The smallest absolute Gasteiger partial charge is 0.306 e. The van der Waals surface area contributed by atoms with E-state index in [1.165, 1.54) is 18.4 Å². The lowest BCUT2D eigenvalue weighted by Crippen LogP contribution is -2.41. The summed E-state index contributed by atoms with van der Waals surface area (Å²) >= 11 is 0. The third kappa shape index (κ3) is 5.70. The van der Waals surface area contributed by atoms with Gasteiger partial charge in [0.15, 0.2) is 0 Å². The molecule has 25 heavy (non-hydrogen) atoms. The molecular formula is C22H36O2Si. The molecule has 1 aromatic rings. The van der Waals surface area contributed by atoms with Crippen LogP contribution in [0.2, 0.25) is 25.2 Å². The van der Waals surface area contributed by atoms with Crippen molar-refractivity contribution >= 4 is 14.0 Å². The van der Waals surface area contributed by atoms with Gasteiger partial charge < -0.3 is 4.74 Å². The highest BCUT2D eigenvalue weighted by molar-refractivity contribution is 6.80. The summed E-state index contributed by atoms with van der Waals surface area (Å²) in [6.45, 7) is 13.7. The fourth-order valence-electron chi connectivity index (χ4n) is 4.07. The number of carbonyl (C=O) groups excluding carboxylic acids is 1. The molecule has 1 saturated carbocycles. The van der Waals surface area contributed by atoms with Gasteiger partial charge in [0.05, 0.1) is 13.6 Å². The minimum atomic E-state index is -1.66. The van der Waals surface area contributed by atoms with E-state index in [-0.39, 0.29) is 17.6 Å². The average Bonchev–Trinajstić information content (AvgIpc) is 2.52. The minimum Gasteiger partial charge on any atom is -0.462 e. The van der Waals surface area contributed by atoms with E-state index in [0.717, 1.165) is 12.8 Å². The summed E-state index contributed by atoms with van der Waals surface area (Å²) in [6.07, 6.45) is 4.39. The third-order valence-electron chi connectivity index (χ3n) is 5.84. The Morgan fingerprint density at radius 3 is 2.36 bits per heavy atom. The quantitative estimate of drug-likeness (QED) is 0.463. The Labute approximate surface area is 155 Å². The zero-order valence-corrected chi connectivity index (χ0v) is 17.9. The number of benzene rings is 1. The molecule has 0 radical (unpaired) electrons. The van der Waals surface area contributed by atoms with Crippen LogP contribution < -0.4 is 0 Å². The van der Waals surface area contributed by atoms with Crippen molar-refractivity contribution in [2.45, 2.75) is 77.7 Å². The van der Waals surface area contributed by atoms with Gasteiger partial charge in [-0.05, 0) is 42.6 Å². The summed E-state index contributed by atoms with van der Waals surface area (Å²) in [4.78, 5) is 13.1. The van der Waals surface area contributed by atoms with Crippen LogP contribution in [0.15, 0.2) is 30.3 Å². The molecule has 0 bridgehead atoms. The highest BCUT2D eigenvalue weighted by Crippen LogP contribution is 2.37. The molecule has 0 amide bonds. The molecule has 1 fully saturated rings. The van der Waals surface area contributed by atoms with Crippen molar-refractivity contribution in [2.75, 3.05) is 0 Å². The Morgan fingerprint density at radius 1 is 1.16 bits per heavy atom. The van der Waals surface area contributed by atoms with Crippen molar-refractivity contribution in [1.82, 2.24) is 0 Å². The standard InChI is InChI=1S/C22H36O2Si/c1-16(2)19-13-12-17(3)14-20(19)24-22(23)21(25(4,5)6)15-18-10-8-7-9-11-18/h7-11,16-17,19-21H,12-15H2,1-6H3/t17-,19+,20-,21-/m1/s1. The monoisotopic (exact) mass is 360 g/mol.